The Hall–Kier alpha value is -1.32. The lowest BCUT2D eigenvalue weighted by molar-refractivity contribution is 0.457. The second kappa shape index (κ2) is 4.11. The third-order valence-corrected chi connectivity index (χ3v) is 4.50. The summed E-state index contributed by atoms with van der Waals surface area (Å²) in [5, 5.41) is 6.71. The highest BCUT2D eigenvalue weighted by Gasteiger charge is 2.65. The Labute approximate surface area is 110 Å². The summed E-state index contributed by atoms with van der Waals surface area (Å²) >= 11 is 0. The minimum Gasteiger partial charge on any atom is -0.366 e. The number of hydrogen-bond acceptors (Lipinski definition) is 4. The Balaban J connectivity index is 2.16. The van der Waals surface area contributed by atoms with Crippen LogP contribution in [-0.2, 0) is 0 Å². The van der Waals surface area contributed by atoms with Gasteiger partial charge in [-0.1, -0.05) is 27.7 Å². The van der Waals surface area contributed by atoms with Gasteiger partial charge in [-0.05, 0) is 24.7 Å². The van der Waals surface area contributed by atoms with Crippen molar-refractivity contribution in [1.82, 2.24) is 9.97 Å². The summed E-state index contributed by atoms with van der Waals surface area (Å²) in [6, 6.07) is 2.47. The van der Waals surface area contributed by atoms with Gasteiger partial charge in [0.05, 0.1) is 0 Å². The van der Waals surface area contributed by atoms with Gasteiger partial charge < -0.3 is 10.6 Å². The zero-order valence-corrected chi connectivity index (χ0v) is 12.3. The molecular formula is C14H24N4. The Bertz CT molecular complexity index is 437. The van der Waals surface area contributed by atoms with Gasteiger partial charge in [-0.15, -0.1) is 0 Å². The third kappa shape index (κ3) is 2.04. The number of aromatic nitrogens is 2. The van der Waals surface area contributed by atoms with E-state index in [0.717, 1.165) is 18.1 Å². The molecule has 4 heteroatoms. The molecule has 0 unspecified atom stereocenters. The van der Waals surface area contributed by atoms with Gasteiger partial charge in [-0.25, -0.2) is 4.98 Å². The first-order valence-corrected chi connectivity index (χ1v) is 6.65. The van der Waals surface area contributed by atoms with E-state index in [-0.39, 0.29) is 0 Å². The third-order valence-electron chi connectivity index (χ3n) is 4.50. The zero-order valence-electron chi connectivity index (χ0n) is 12.3. The molecule has 1 fully saturated rings. The van der Waals surface area contributed by atoms with Crippen LogP contribution in [0.15, 0.2) is 6.07 Å². The molecule has 2 rings (SSSR count). The van der Waals surface area contributed by atoms with E-state index in [1.807, 2.05) is 19.9 Å². The number of aryl methyl sites for hydroxylation is 1. The van der Waals surface area contributed by atoms with Gasteiger partial charge in [0, 0.05) is 24.3 Å². The largest absolute Gasteiger partial charge is 0.366 e. The molecule has 2 N–H and O–H groups in total. The van der Waals surface area contributed by atoms with Gasteiger partial charge in [0.25, 0.3) is 0 Å². The SMILES string of the molecule is CCNc1nc(C)cc(NC2C(C)(C)C2(C)C)n1. The van der Waals surface area contributed by atoms with Crippen LogP contribution >= 0.6 is 0 Å². The molecule has 0 saturated heterocycles. The van der Waals surface area contributed by atoms with Crippen LogP contribution in [0.2, 0.25) is 0 Å². The van der Waals surface area contributed by atoms with Crippen molar-refractivity contribution >= 4 is 11.8 Å². The van der Waals surface area contributed by atoms with Gasteiger partial charge in [0.1, 0.15) is 5.82 Å². The minimum atomic E-state index is 0.310. The Morgan fingerprint density at radius 1 is 1.17 bits per heavy atom. The van der Waals surface area contributed by atoms with Crippen molar-refractivity contribution in [1.29, 1.82) is 0 Å². The van der Waals surface area contributed by atoms with E-state index < -0.39 is 0 Å². The Morgan fingerprint density at radius 3 is 2.28 bits per heavy atom. The summed E-state index contributed by atoms with van der Waals surface area (Å²) in [5.74, 6) is 1.62. The smallest absolute Gasteiger partial charge is 0.224 e. The molecule has 1 aromatic heterocycles. The van der Waals surface area contributed by atoms with E-state index in [1.54, 1.807) is 0 Å². The number of hydrogen-bond donors (Lipinski definition) is 2. The van der Waals surface area contributed by atoms with Crippen LogP contribution in [0.3, 0.4) is 0 Å². The van der Waals surface area contributed by atoms with Crippen molar-refractivity contribution in [2.45, 2.75) is 47.6 Å². The summed E-state index contributed by atoms with van der Waals surface area (Å²) in [7, 11) is 0. The highest BCUT2D eigenvalue weighted by molar-refractivity contribution is 5.46. The minimum absolute atomic E-state index is 0.310. The predicted octanol–water partition coefficient (Wildman–Crippen LogP) is 3.06. The van der Waals surface area contributed by atoms with Crippen molar-refractivity contribution in [3.8, 4) is 0 Å². The molecule has 0 aromatic carbocycles. The van der Waals surface area contributed by atoms with E-state index >= 15 is 0 Å². The molecule has 0 atom stereocenters. The van der Waals surface area contributed by atoms with Crippen molar-refractivity contribution in [3.05, 3.63) is 11.8 Å². The maximum absolute atomic E-state index is 4.50. The van der Waals surface area contributed by atoms with Crippen molar-refractivity contribution < 1.29 is 0 Å². The van der Waals surface area contributed by atoms with E-state index in [0.29, 0.717) is 22.8 Å². The first kappa shape index (κ1) is 13.1. The number of rotatable bonds is 4. The number of anilines is 2. The van der Waals surface area contributed by atoms with Crippen LogP contribution in [-0.4, -0.2) is 22.6 Å². The van der Waals surface area contributed by atoms with Gasteiger partial charge in [0.15, 0.2) is 0 Å². The molecule has 4 nitrogen and oxygen atoms in total. The molecule has 18 heavy (non-hydrogen) atoms. The molecule has 0 radical (unpaired) electrons. The average Bonchev–Trinajstić information content (AvgIpc) is 2.60. The fraction of sp³-hybridized carbons (Fsp3) is 0.714. The molecule has 0 amide bonds. The lowest BCUT2D eigenvalue weighted by atomic mass is 10.0. The van der Waals surface area contributed by atoms with Gasteiger partial charge in [-0.3, -0.25) is 0 Å². The molecule has 0 bridgehead atoms. The maximum atomic E-state index is 4.50. The molecule has 1 aliphatic carbocycles. The van der Waals surface area contributed by atoms with Gasteiger partial charge in [0.2, 0.25) is 5.95 Å². The maximum Gasteiger partial charge on any atom is 0.224 e. The van der Waals surface area contributed by atoms with Crippen LogP contribution in [0, 0.1) is 17.8 Å². The summed E-state index contributed by atoms with van der Waals surface area (Å²) in [4.78, 5) is 8.86. The first-order valence-electron chi connectivity index (χ1n) is 6.65. The quantitative estimate of drug-likeness (QED) is 0.860. The number of nitrogens with zero attached hydrogens (tertiary/aromatic N) is 2. The summed E-state index contributed by atoms with van der Waals surface area (Å²) in [6.45, 7) is 14.1. The normalized spacial score (nSPS) is 20.6. The fourth-order valence-electron chi connectivity index (χ4n) is 2.58. The highest BCUT2D eigenvalue weighted by Crippen LogP contribution is 2.63. The predicted molar refractivity (Wildman–Crippen MR) is 75.9 cm³/mol. The van der Waals surface area contributed by atoms with E-state index in [2.05, 4.69) is 48.3 Å². The average molecular weight is 248 g/mol. The molecule has 0 aliphatic heterocycles. The van der Waals surface area contributed by atoms with E-state index in [1.165, 1.54) is 0 Å². The van der Waals surface area contributed by atoms with Crippen LogP contribution in [0.1, 0.15) is 40.3 Å². The summed E-state index contributed by atoms with van der Waals surface area (Å²) < 4.78 is 0. The van der Waals surface area contributed by atoms with Crippen molar-refractivity contribution in [2.24, 2.45) is 10.8 Å². The topological polar surface area (TPSA) is 49.8 Å². The molecule has 0 spiro atoms. The molecule has 1 aromatic rings. The molecule has 1 saturated carbocycles. The molecule has 1 heterocycles. The molecule has 1 aliphatic rings. The Morgan fingerprint density at radius 2 is 1.78 bits per heavy atom. The Kier molecular flexibility index (Phi) is 2.99. The van der Waals surface area contributed by atoms with Gasteiger partial charge in [-0.2, -0.15) is 4.98 Å². The second-order valence-electron chi connectivity index (χ2n) is 6.27. The van der Waals surface area contributed by atoms with Crippen molar-refractivity contribution in [2.75, 3.05) is 17.2 Å². The number of nitrogens with one attached hydrogen (secondary N) is 2. The first-order chi connectivity index (χ1) is 8.29. The second-order valence-corrected chi connectivity index (χ2v) is 6.27. The van der Waals surface area contributed by atoms with Crippen LogP contribution in [0.5, 0.6) is 0 Å². The van der Waals surface area contributed by atoms with E-state index in [9.17, 15) is 0 Å². The lowest BCUT2D eigenvalue weighted by Gasteiger charge is -2.10. The van der Waals surface area contributed by atoms with Crippen LogP contribution < -0.4 is 10.6 Å². The monoisotopic (exact) mass is 248 g/mol. The van der Waals surface area contributed by atoms with Crippen molar-refractivity contribution in [3.63, 3.8) is 0 Å². The fourth-order valence-corrected chi connectivity index (χ4v) is 2.58. The zero-order chi connectivity index (χ0) is 13.6. The van der Waals surface area contributed by atoms with Crippen LogP contribution in [0.25, 0.3) is 0 Å². The summed E-state index contributed by atoms with van der Waals surface area (Å²) in [6.07, 6.45) is 0. The molecular weight excluding hydrogens is 224 g/mol. The standard InChI is InChI=1S/C14H24N4/c1-7-15-12-16-9(2)8-10(18-12)17-11-13(3,4)14(11,5)6/h8,11H,7H2,1-6H3,(H2,15,16,17,18). The van der Waals surface area contributed by atoms with E-state index in [4.69, 9.17) is 0 Å². The van der Waals surface area contributed by atoms with Crippen LogP contribution in [0.4, 0.5) is 11.8 Å². The molecule has 100 valence electrons. The summed E-state index contributed by atoms with van der Waals surface area (Å²) in [5.41, 5.74) is 1.61. The lowest BCUT2D eigenvalue weighted by Crippen LogP contribution is -2.13. The highest BCUT2D eigenvalue weighted by atomic mass is 15.2. The van der Waals surface area contributed by atoms with Gasteiger partial charge >= 0.3 is 0 Å².